The Bertz CT molecular complexity index is 1210. The number of nitrogens with two attached hydrogens (primary N) is 1. The minimum Gasteiger partial charge on any atom is -0.369 e. The van der Waals surface area contributed by atoms with E-state index in [9.17, 15) is 18.0 Å². The zero-order valence-electron chi connectivity index (χ0n) is 19.3. The van der Waals surface area contributed by atoms with Crippen molar-refractivity contribution in [2.24, 2.45) is 5.73 Å². The van der Waals surface area contributed by atoms with Crippen molar-refractivity contribution in [2.45, 2.75) is 51.0 Å². The molecule has 2 heterocycles. The molecule has 1 amide bonds. The van der Waals surface area contributed by atoms with Crippen molar-refractivity contribution in [1.29, 1.82) is 0 Å². The number of halogens is 4. The van der Waals surface area contributed by atoms with Crippen LogP contribution in [0.4, 0.5) is 23.4 Å². The number of hydrogen-bond acceptors (Lipinski definition) is 4. The summed E-state index contributed by atoms with van der Waals surface area (Å²) in [6.45, 7) is 1.18. The first kappa shape index (κ1) is 24.6. The third-order valence-corrected chi connectivity index (χ3v) is 6.29. The van der Waals surface area contributed by atoms with Gasteiger partial charge in [-0.25, -0.2) is 27.5 Å². The lowest BCUT2D eigenvalue weighted by molar-refractivity contribution is -0.117. The highest BCUT2D eigenvalue weighted by molar-refractivity contribution is 5.76. The molecular weight excluding hydrogens is 460 g/mol. The molecule has 5 nitrogen and oxygen atoms in total. The third kappa shape index (κ3) is 5.61. The molecule has 0 spiro atoms. The van der Waals surface area contributed by atoms with Crippen LogP contribution in [0.2, 0.25) is 0 Å². The molecule has 35 heavy (non-hydrogen) atoms. The molecule has 0 saturated carbocycles. The molecule has 3 aromatic rings. The molecule has 9 heteroatoms. The van der Waals surface area contributed by atoms with Gasteiger partial charge in [0.2, 0.25) is 5.91 Å². The van der Waals surface area contributed by atoms with E-state index < -0.39 is 35.1 Å². The molecule has 0 bridgehead atoms. The van der Waals surface area contributed by atoms with E-state index in [1.54, 1.807) is 4.90 Å². The van der Waals surface area contributed by atoms with Crippen LogP contribution in [0.25, 0.3) is 0 Å². The number of benzene rings is 2. The van der Waals surface area contributed by atoms with Crippen molar-refractivity contribution in [3.8, 4) is 0 Å². The van der Waals surface area contributed by atoms with Crippen LogP contribution in [0.1, 0.15) is 53.8 Å². The van der Waals surface area contributed by atoms with Crippen LogP contribution in [0.5, 0.6) is 0 Å². The molecule has 1 unspecified atom stereocenters. The van der Waals surface area contributed by atoms with E-state index in [0.717, 1.165) is 24.1 Å². The Morgan fingerprint density at radius 1 is 1.09 bits per heavy atom. The quantitative estimate of drug-likeness (QED) is 0.454. The summed E-state index contributed by atoms with van der Waals surface area (Å²) in [5.41, 5.74) is 7.04. The third-order valence-electron chi connectivity index (χ3n) is 6.29. The van der Waals surface area contributed by atoms with E-state index in [-0.39, 0.29) is 23.5 Å². The lowest BCUT2D eigenvalue weighted by Crippen LogP contribution is -2.26. The molecule has 1 atom stereocenters. The molecule has 1 fully saturated rings. The Morgan fingerprint density at radius 3 is 2.46 bits per heavy atom. The maximum absolute atomic E-state index is 15.4. The number of carbonyl (C=O) groups is 1. The summed E-state index contributed by atoms with van der Waals surface area (Å²) in [4.78, 5) is 21.0. The largest absolute Gasteiger partial charge is 0.369 e. The number of carbonyl (C=O) groups excluding carboxylic acids is 1. The Balaban J connectivity index is 1.52. The van der Waals surface area contributed by atoms with Crippen LogP contribution in [0, 0.1) is 11.6 Å². The average Bonchev–Trinajstić information content (AvgIpc) is 3.27. The molecule has 0 aliphatic carbocycles. The first-order valence-electron chi connectivity index (χ1n) is 11.4. The zero-order chi connectivity index (χ0) is 25.2. The van der Waals surface area contributed by atoms with Crippen molar-refractivity contribution in [3.63, 3.8) is 0 Å². The van der Waals surface area contributed by atoms with Crippen LogP contribution in [-0.4, -0.2) is 22.4 Å². The lowest BCUT2D eigenvalue weighted by Gasteiger charge is -2.27. The number of aromatic nitrogens is 2. The molecule has 4 rings (SSSR count). The van der Waals surface area contributed by atoms with Crippen LogP contribution in [0.3, 0.4) is 0 Å². The van der Waals surface area contributed by atoms with Gasteiger partial charge in [0.25, 0.3) is 5.92 Å². The highest BCUT2D eigenvalue weighted by Crippen LogP contribution is 2.39. The van der Waals surface area contributed by atoms with E-state index in [2.05, 4.69) is 9.97 Å². The van der Waals surface area contributed by atoms with Gasteiger partial charge in [0.1, 0.15) is 12.1 Å². The number of rotatable bonds is 8. The Labute approximate surface area is 201 Å². The van der Waals surface area contributed by atoms with E-state index in [0.29, 0.717) is 32.2 Å². The van der Waals surface area contributed by atoms with Gasteiger partial charge < -0.3 is 10.6 Å². The molecule has 0 radical (unpaired) electrons. The summed E-state index contributed by atoms with van der Waals surface area (Å²) in [6, 6.07) is 10.3. The maximum Gasteiger partial charge on any atom is 0.270 e. The van der Waals surface area contributed by atoms with Crippen LogP contribution >= 0.6 is 0 Å². The minimum atomic E-state index is -3.15. The number of aryl methyl sites for hydroxylation is 2. The standard InChI is InChI=1S/C26H26F4N4O/c1-26(29,30)18-9-10-19(20(27)14-18)22-3-2-12-34(22)25-24(28)21(32-15-33-25)11-8-16-4-6-17(7-5-16)13-23(31)35/h4-7,9-10,14-15,22H,2-3,8,11-13H2,1H3,(H2,31,35). The average molecular weight is 487 g/mol. The summed E-state index contributed by atoms with van der Waals surface area (Å²) in [6.07, 6.45) is 3.53. The van der Waals surface area contributed by atoms with Crippen LogP contribution in [-0.2, 0) is 30.0 Å². The number of nitrogens with zero attached hydrogens (tertiary/aromatic N) is 3. The smallest absolute Gasteiger partial charge is 0.270 e. The highest BCUT2D eigenvalue weighted by Gasteiger charge is 2.33. The summed E-state index contributed by atoms with van der Waals surface area (Å²) in [7, 11) is 0. The van der Waals surface area contributed by atoms with Gasteiger partial charge in [-0.1, -0.05) is 36.4 Å². The fourth-order valence-electron chi connectivity index (χ4n) is 4.47. The van der Waals surface area contributed by atoms with Gasteiger partial charge in [0.05, 0.1) is 18.2 Å². The Kier molecular flexibility index (Phi) is 7.05. The second kappa shape index (κ2) is 10.0. The number of hydrogen-bond donors (Lipinski definition) is 1. The van der Waals surface area contributed by atoms with Gasteiger partial charge in [0, 0.05) is 24.6 Å². The van der Waals surface area contributed by atoms with Crippen LogP contribution < -0.4 is 10.6 Å². The SMILES string of the molecule is CC(F)(F)c1ccc(C2CCCN2c2ncnc(CCc3ccc(CC(N)=O)cc3)c2F)c(F)c1. The van der Waals surface area contributed by atoms with Gasteiger partial charge in [0.15, 0.2) is 11.6 Å². The van der Waals surface area contributed by atoms with Crippen molar-refractivity contribution in [1.82, 2.24) is 9.97 Å². The summed E-state index contributed by atoms with van der Waals surface area (Å²) in [5.74, 6) is -4.78. The molecule has 1 saturated heterocycles. The summed E-state index contributed by atoms with van der Waals surface area (Å²) in [5, 5.41) is 0. The van der Waals surface area contributed by atoms with E-state index >= 15 is 4.39 Å². The van der Waals surface area contributed by atoms with Gasteiger partial charge in [-0.2, -0.15) is 0 Å². The minimum absolute atomic E-state index is 0.0820. The van der Waals surface area contributed by atoms with E-state index in [1.165, 1.54) is 18.5 Å². The first-order valence-corrected chi connectivity index (χ1v) is 11.4. The van der Waals surface area contributed by atoms with Crippen molar-refractivity contribution in [2.75, 3.05) is 11.4 Å². The predicted octanol–water partition coefficient (Wildman–Crippen LogP) is 5.02. The number of amides is 1. The molecule has 1 aromatic heterocycles. The van der Waals surface area contributed by atoms with Crippen molar-refractivity contribution >= 4 is 11.7 Å². The zero-order valence-corrected chi connectivity index (χ0v) is 19.3. The van der Waals surface area contributed by atoms with Crippen molar-refractivity contribution < 1.29 is 22.4 Å². The summed E-state index contributed by atoms with van der Waals surface area (Å²) < 4.78 is 57.4. The monoisotopic (exact) mass is 486 g/mol. The predicted molar refractivity (Wildman–Crippen MR) is 124 cm³/mol. The maximum atomic E-state index is 15.4. The van der Waals surface area contributed by atoms with Gasteiger partial charge in [-0.3, -0.25) is 4.79 Å². The number of primary amides is 1. The van der Waals surface area contributed by atoms with Crippen molar-refractivity contribution in [3.05, 3.63) is 88.4 Å². The second-order valence-electron chi connectivity index (χ2n) is 8.89. The topological polar surface area (TPSA) is 72.1 Å². The van der Waals surface area contributed by atoms with Gasteiger partial charge in [-0.15, -0.1) is 0 Å². The van der Waals surface area contributed by atoms with E-state index in [1.807, 2.05) is 24.3 Å². The molecule has 2 N–H and O–H groups in total. The van der Waals surface area contributed by atoms with Gasteiger partial charge in [-0.05, 0) is 42.9 Å². The normalized spacial score (nSPS) is 16.0. The van der Waals surface area contributed by atoms with Crippen LogP contribution in [0.15, 0.2) is 48.8 Å². The molecule has 1 aliphatic rings. The fraction of sp³-hybridized carbons (Fsp3) is 0.346. The Morgan fingerprint density at radius 2 is 1.80 bits per heavy atom. The molecule has 2 aromatic carbocycles. The first-order chi connectivity index (χ1) is 16.6. The fourth-order valence-corrected chi connectivity index (χ4v) is 4.47. The molecule has 184 valence electrons. The molecular formula is C26H26F4N4O. The summed E-state index contributed by atoms with van der Waals surface area (Å²) >= 11 is 0. The Hall–Kier alpha value is -3.49. The lowest BCUT2D eigenvalue weighted by atomic mass is 10.00. The molecule has 1 aliphatic heterocycles. The van der Waals surface area contributed by atoms with Gasteiger partial charge >= 0.3 is 0 Å². The second-order valence-corrected chi connectivity index (χ2v) is 8.89. The van der Waals surface area contributed by atoms with E-state index in [4.69, 9.17) is 5.73 Å². The highest BCUT2D eigenvalue weighted by atomic mass is 19.3. The number of anilines is 1. The number of alkyl halides is 2.